The zero-order valence-electron chi connectivity index (χ0n) is 13.7. The van der Waals surface area contributed by atoms with Gasteiger partial charge in [0.2, 0.25) is 0 Å². The molecule has 0 bridgehead atoms. The van der Waals surface area contributed by atoms with E-state index in [0.29, 0.717) is 22.8 Å². The Morgan fingerprint density at radius 3 is 2.92 bits per heavy atom. The van der Waals surface area contributed by atoms with E-state index >= 15 is 0 Å². The number of hydrogen-bond donors (Lipinski definition) is 1. The summed E-state index contributed by atoms with van der Waals surface area (Å²) in [6.45, 7) is 1.80. The molecule has 0 saturated heterocycles. The van der Waals surface area contributed by atoms with Crippen LogP contribution in [0, 0.1) is 5.92 Å². The van der Waals surface area contributed by atoms with E-state index in [-0.39, 0.29) is 24.7 Å². The van der Waals surface area contributed by atoms with Gasteiger partial charge >= 0.3 is 0 Å². The van der Waals surface area contributed by atoms with E-state index in [1.54, 1.807) is 22.8 Å². The summed E-state index contributed by atoms with van der Waals surface area (Å²) < 4.78 is 7.50. The smallest absolute Gasteiger partial charge is 0.183 e. The lowest BCUT2D eigenvalue weighted by Gasteiger charge is -2.06. The van der Waals surface area contributed by atoms with Gasteiger partial charge in [-0.05, 0) is 30.2 Å². The minimum Gasteiger partial charge on any atom is -0.454 e. The van der Waals surface area contributed by atoms with E-state index in [1.807, 2.05) is 37.3 Å². The lowest BCUT2D eigenvalue weighted by atomic mass is 10.0. The third-order valence-electron chi connectivity index (χ3n) is 4.17. The van der Waals surface area contributed by atoms with Gasteiger partial charge in [0, 0.05) is 18.4 Å². The van der Waals surface area contributed by atoms with Crippen LogP contribution in [0.25, 0.3) is 28.1 Å². The molecule has 0 radical (unpaired) electrons. The fourth-order valence-corrected chi connectivity index (χ4v) is 2.78. The van der Waals surface area contributed by atoms with Crippen LogP contribution in [0.4, 0.5) is 0 Å². The molecule has 126 valence electrons. The zero-order chi connectivity index (χ0) is 17.4. The number of nitrogens with zero attached hydrogens (tertiary/aromatic N) is 3. The molecule has 3 aromatic heterocycles. The molecule has 25 heavy (non-hydrogen) atoms. The minimum atomic E-state index is -0.104. The van der Waals surface area contributed by atoms with Crippen molar-refractivity contribution in [3.63, 3.8) is 0 Å². The van der Waals surface area contributed by atoms with Gasteiger partial charge in [-0.25, -0.2) is 9.50 Å². The Morgan fingerprint density at radius 2 is 2.12 bits per heavy atom. The number of aliphatic hydroxyl groups is 1. The molecule has 0 aliphatic carbocycles. The third-order valence-corrected chi connectivity index (χ3v) is 4.17. The summed E-state index contributed by atoms with van der Waals surface area (Å²) in [5, 5.41) is 14.6. The Kier molecular flexibility index (Phi) is 3.82. The predicted octanol–water partition coefficient (Wildman–Crippen LogP) is 3.34. The second-order valence-electron chi connectivity index (χ2n) is 6.20. The number of aliphatic hydroxyl groups excluding tert-OH is 1. The van der Waals surface area contributed by atoms with Gasteiger partial charge in [0.1, 0.15) is 17.0 Å². The maximum atomic E-state index is 12.3. The number of hydrogen-bond acceptors (Lipinski definition) is 5. The van der Waals surface area contributed by atoms with E-state index in [0.717, 1.165) is 11.0 Å². The van der Waals surface area contributed by atoms with Gasteiger partial charge in [-0.3, -0.25) is 4.79 Å². The van der Waals surface area contributed by atoms with Crippen molar-refractivity contribution in [2.24, 2.45) is 5.92 Å². The maximum absolute atomic E-state index is 12.3. The summed E-state index contributed by atoms with van der Waals surface area (Å²) in [5.41, 5.74) is 2.47. The second kappa shape index (κ2) is 6.14. The first-order valence-electron chi connectivity index (χ1n) is 8.13. The summed E-state index contributed by atoms with van der Waals surface area (Å²) in [7, 11) is 0. The number of carbonyl (C=O) groups is 1. The summed E-state index contributed by atoms with van der Waals surface area (Å²) in [4.78, 5) is 16.7. The van der Waals surface area contributed by atoms with E-state index in [9.17, 15) is 4.79 Å². The molecule has 6 nitrogen and oxygen atoms in total. The van der Waals surface area contributed by atoms with Gasteiger partial charge < -0.3 is 9.52 Å². The number of rotatable bonds is 5. The van der Waals surface area contributed by atoms with E-state index < -0.39 is 0 Å². The molecule has 1 atom stereocenters. The van der Waals surface area contributed by atoms with Crippen LogP contribution in [-0.2, 0) is 0 Å². The van der Waals surface area contributed by atoms with Gasteiger partial charge in [-0.1, -0.05) is 25.1 Å². The van der Waals surface area contributed by atoms with Gasteiger partial charge in [0.25, 0.3) is 0 Å². The molecule has 0 spiro atoms. The number of ketones is 1. The number of furan rings is 1. The predicted molar refractivity (Wildman–Crippen MR) is 93.4 cm³/mol. The summed E-state index contributed by atoms with van der Waals surface area (Å²) in [6.07, 6.45) is 1.94. The van der Waals surface area contributed by atoms with Crippen LogP contribution in [0.15, 0.2) is 53.1 Å². The molecule has 0 saturated carbocycles. The number of carbonyl (C=O) groups excluding carboxylic acids is 1. The molecule has 3 heterocycles. The van der Waals surface area contributed by atoms with E-state index in [2.05, 4.69) is 10.1 Å². The molecule has 0 aliphatic rings. The van der Waals surface area contributed by atoms with Crippen LogP contribution >= 0.6 is 0 Å². The number of para-hydroxylation sites is 1. The maximum Gasteiger partial charge on any atom is 0.183 e. The van der Waals surface area contributed by atoms with Crippen LogP contribution in [0.5, 0.6) is 0 Å². The Morgan fingerprint density at radius 1 is 1.28 bits per heavy atom. The van der Waals surface area contributed by atoms with Crippen molar-refractivity contribution in [2.45, 2.75) is 13.3 Å². The van der Waals surface area contributed by atoms with Crippen LogP contribution in [0.3, 0.4) is 0 Å². The van der Waals surface area contributed by atoms with Gasteiger partial charge in [-0.15, -0.1) is 0 Å². The Bertz CT molecular complexity index is 1030. The van der Waals surface area contributed by atoms with Crippen molar-refractivity contribution in [3.8, 4) is 11.5 Å². The molecule has 1 N–H and O–H groups in total. The Balaban J connectivity index is 1.77. The number of benzene rings is 1. The highest BCUT2D eigenvalue weighted by molar-refractivity contribution is 5.94. The monoisotopic (exact) mass is 335 g/mol. The van der Waals surface area contributed by atoms with Crippen LogP contribution in [0.2, 0.25) is 0 Å². The second-order valence-corrected chi connectivity index (χ2v) is 6.20. The van der Waals surface area contributed by atoms with Crippen molar-refractivity contribution in [1.82, 2.24) is 14.6 Å². The van der Waals surface area contributed by atoms with Gasteiger partial charge in [0.05, 0.1) is 6.20 Å². The third kappa shape index (κ3) is 2.81. The molecule has 1 aromatic carbocycles. The molecular formula is C19H17N3O3. The first kappa shape index (κ1) is 15.5. The topological polar surface area (TPSA) is 80.6 Å². The zero-order valence-corrected chi connectivity index (χ0v) is 13.7. The molecule has 4 aromatic rings. The van der Waals surface area contributed by atoms with Crippen LogP contribution in [-0.4, -0.2) is 32.1 Å². The lowest BCUT2D eigenvalue weighted by molar-refractivity contribution is 0.0937. The highest BCUT2D eigenvalue weighted by atomic mass is 16.3. The highest BCUT2D eigenvalue weighted by Gasteiger charge is 2.16. The van der Waals surface area contributed by atoms with Gasteiger partial charge in [0.15, 0.2) is 17.2 Å². The van der Waals surface area contributed by atoms with Crippen molar-refractivity contribution in [1.29, 1.82) is 0 Å². The number of fused-ring (bicyclic) bond motifs is 2. The fraction of sp³-hybridized carbons (Fsp3) is 0.211. The average molecular weight is 335 g/mol. The molecule has 4 rings (SSSR count). The van der Waals surface area contributed by atoms with E-state index in [4.69, 9.17) is 9.52 Å². The highest BCUT2D eigenvalue weighted by Crippen LogP contribution is 2.28. The molecule has 0 fully saturated rings. The van der Waals surface area contributed by atoms with Gasteiger partial charge in [-0.2, -0.15) is 5.10 Å². The number of aromatic nitrogens is 3. The van der Waals surface area contributed by atoms with Crippen molar-refractivity contribution >= 4 is 22.4 Å². The fourth-order valence-electron chi connectivity index (χ4n) is 2.78. The molecular weight excluding hydrogens is 318 g/mol. The first-order chi connectivity index (χ1) is 12.2. The standard InChI is InChI=1S/C19H17N3O3/c1-12(11-23)8-16(24)14-6-7-19-20-10-15(22(19)21-14)18-9-13-4-2-3-5-17(13)25-18/h2-7,9-10,12,23H,8,11H2,1H3/t12-/m0/s1. The quantitative estimate of drug-likeness (QED) is 0.566. The first-order valence-corrected chi connectivity index (χ1v) is 8.13. The van der Waals surface area contributed by atoms with Crippen LogP contribution < -0.4 is 0 Å². The van der Waals surface area contributed by atoms with Crippen molar-refractivity contribution in [2.75, 3.05) is 6.61 Å². The normalized spacial score (nSPS) is 12.7. The molecule has 0 aliphatic heterocycles. The number of imidazole rings is 1. The summed E-state index contributed by atoms with van der Waals surface area (Å²) in [5.74, 6) is 0.449. The van der Waals surface area contributed by atoms with Crippen LogP contribution in [0.1, 0.15) is 23.8 Å². The summed E-state index contributed by atoms with van der Waals surface area (Å²) >= 11 is 0. The van der Waals surface area contributed by atoms with Crippen molar-refractivity contribution in [3.05, 3.63) is 54.4 Å². The largest absolute Gasteiger partial charge is 0.454 e. The van der Waals surface area contributed by atoms with E-state index in [1.165, 1.54) is 0 Å². The average Bonchev–Trinajstić information content (AvgIpc) is 3.24. The molecule has 0 amide bonds. The SMILES string of the molecule is C[C@H](CO)CC(=O)c1ccc2ncc(-c3cc4ccccc4o3)n2n1. The molecule has 6 heteroatoms. The minimum absolute atomic E-state index is 0.0245. The number of Topliss-reactive ketones (excluding diaryl/α,β-unsaturated/α-hetero) is 1. The van der Waals surface area contributed by atoms with Crippen molar-refractivity contribution < 1.29 is 14.3 Å². The Hall–Kier alpha value is -2.99. The molecule has 0 unspecified atom stereocenters. The summed E-state index contributed by atoms with van der Waals surface area (Å²) in [6, 6.07) is 13.1. The lowest BCUT2D eigenvalue weighted by Crippen LogP contribution is -2.12. The Labute approximate surface area is 143 Å².